The van der Waals surface area contributed by atoms with Crippen LogP contribution in [0.2, 0.25) is 10.0 Å². The predicted octanol–water partition coefficient (Wildman–Crippen LogP) is 5.40. The van der Waals surface area contributed by atoms with Gasteiger partial charge in [0.1, 0.15) is 5.82 Å². The summed E-state index contributed by atoms with van der Waals surface area (Å²) in [6.45, 7) is 7.20. The SMILES string of the molecule is CCCNc1cc(C(C)C)nc(-c2cc(Cl)ccc2Cl)n1. The lowest BCUT2D eigenvalue weighted by atomic mass is 10.1. The molecule has 0 amide bonds. The Morgan fingerprint density at radius 3 is 2.57 bits per heavy atom. The van der Waals surface area contributed by atoms with Crippen molar-refractivity contribution in [2.75, 3.05) is 11.9 Å². The second kappa shape index (κ2) is 7.10. The Labute approximate surface area is 135 Å². The average Bonchev–Trinajstić information content (AvgIpc) is 2.47. The number of nitrogens with zero attached hydrogens (tertiary/aromatic N) is 2. The minimum absolute atomic E-state index is 0.312. The van der Waals surface area contributed by atoms with E-state index in [2.05, 4.69) is 36.1 Å². The predicted molar refractivity (Wildman–Crippen MR) is 90.4 cm³/mol. The third-order valence-electron chi connectivity index (χ3n) is 3.06. The molecule has 3 nitrogen and oxygen atoms in total. The smallest absolute Gasteiger partial charge is 0.163 e. The Hall–Kier alpha value is -1.32. The zero-order valence-electron chi connectivity index (χ0n) is 12.5. The lowest BCUT2D eigenvalue weighted by Crippen LogP contribution is -2.06. The van der Waals surface area contributed by atoms with E-state index in [0.29, 0.717) is 21.8 Å². The van der Waals surface area contributed by atoms with E-state index in [0.717, 1.165) is 30.0 Å². The summed E-state index contributed by atoms with van der Waals surface area (Å²) in [6, 6.07) is 7.31. The molecule has 21 heavy (non-hydrogen) atoms. The first kappa shape index (κ1) is 16.1. The van der Waals surface area contributed by atoms with Crippen LogP contribution in [0.3, 0.4) is 0 Å². The zero-order chi connectivity index (χ0) is 15.4. The van der Waals surface area contributed by atoms with Gasteiger partial charge >= 0.3 is 0 Å². The third kappa shape index (κ3) is 4.08. The van der Waals surface area contributed by atoms with Crippen LogP contribution >= 0.6 is 23.2 Å². The fourth-order valence-corrected chi connectivity index (χ4v) is 2.27. The van der Waals surface area contributed by atoms with Crippen LogP contribution in [0.15, 0.2) is 24.3 Å². The highest BCUT2D eigenvalue weighted by atomic mass is 35.5. The van der Waals surface area contributed by atoms with Crippen molar-refractivity contribution in [3.05, 3.63) is 40.0 Å². The van der Waals surface area contributed by atoms with Crippen molar-refractivity contribution in [1.29, 1.82) is 0 Å². The van der Waals surface area contributed by atoms with E-state index in [9.17, 15) is 0 Å². The molecule has 2 aromatic rings. The van der Waals surface area contributed by atoms with Crippen LogP contribution in [-0.2, 0) is 0 Å². The van der Waals surface area contributed by atoms with Gasteiger partial charge in [-0.25, -0.2) is 9.97 Å². The van der Waals surface area contributed by atoms with Crippen LogP contribution in [0.25, 0.3) is 11.4 Å². The van der Waals surface area contributed by atoms with Crippen LogP contribution in [0.4, 0.5) is 5.82 Å². The van der Waals surface area contributed by atoms with E-state index in [4.69, 9.17) is 23.2 Å². The molecule has 5 heteroatoms. The van der Waals surface area contributed by atoms with E-state index >= 15 is 0 Å². The summed E-state index contributed by atoms with van der Waals surface area (Å²) in [7, 11) is 0. The van der Waals surface area contributed by atoms with Crippen LogP contribution < -0.4 is 5.32 Å². The molecule has 0 unspecified atom stereocenters. The Kier molecular flexibility index (Phi) is 5.43. The van der Waals surface area contributed by atoms with Crippen molar-refractivity contribution in [2.24, 2.45) is 0 Å². The molecule has 1 heterocycles. The zero-order valence-corrected chi connectivity index (χ0v) is 14.0. The Bertz CT molecular complexity index is 627. The normalized spacial score (nSPS) is 11.0. The largest absolute Gasteiger partial charge is 0.370 e. The van der Waals surface area contributed by atoms with Gasteiger partial charge in [-0.2, -0.15) is 0 Å². The highest BCUT2D eigenvalue weighted by Crippen LogP contribution is 2.30. The molecule has 1 aromatic heterocycles. The summed E-state index contributed by atoms with van der Waals surface area (Å²) in [5.41, 5.74) is 1.74. The summed E-state index contributed by atoms with van der Waals surface area (Å²) in [4.78, 5) is 9.18. The maximum atomic E-state index is 6.26. The van der Waals surface area contributed by atoms with Gasteiger partial charge in [0.25, 0.3) is 0 Å². The van der Waals surface area contributed by atoms with Gasteiger partial charge in [-0.1, -0.05) is 44.0 Å². The minimum atomic E-state index is 0.312. The minimum Gasteiger partial charge on any atom is -0.370 e. The second-order valence-electron chi connectivity index (χ2n) is 5.21. The first-order valence-electron chi connectivity index (χ1n) is 7.09. The molecule has 0 aliphatic rings. The maximum absolute atomic E-state index is 6.26. The Morgan fingerprint density at radius 1 is 1.14 bits per heavy atom. The van der Waals surface area contributed by atoms with Gasteiger partial charge in [-0.05, 0) is 30.5 Å². The highest BCUT2D eigenvalue weighted by Gasteiger charge is 2.12. The Morgan fingerprint density at radius 2 is 1.90 bits per heavy atom. The number of nitrogens with one attached hydrogen (secondary N) is 1. The van der Waals surface area contributed by atoms with Gasteiger partial charge in [-0.3, -0.25) is 0 Å². The monoisotopic (exact) mass is 323 g/mol. The van der Waals surface area contributed by atoms with E-state index < -0.39 is 0 Å². The van der Waals surface area contributed by atoms with Crippen LogP contribution in [0.5, 0.6) is 0 Å². The molecule has 0 atom stereocenters. The molecule has 2 rings (SSSR count). The number of hydrogen-bond acceptors (Lipinski definition) is 3. The van der Waals surface area contributed by atoms with E-state index in [1.165, 1.54) is 0 Å². The molecule has 0 radical (unpaired) electrons. The van der Waals surface area contributed by atoms with Crippen LogP contribution in [0.1, 0.15) is 38.8 Å². The molecule has 0 aliphatic heterocycles. The number of anilines is 1. The molecule has 0 bridgehead atoms. The van der Waals surface area contributed by atoms with E-state index in [-0.39, 0.29) is 0 Å². The summed E-state index contributed by atoms with van der Waals surface area (Å²) in [5, 5.41) is 4.53. The van der Waals surface area contributed by atoms with Crippen molar-refractivity contribution in [2.45, 2.75) is 33.1 Å². The molecular formula is C16H19Cl2N3. The molecule has 0 saturated heterocycles. The first-order valence-corrected chi connectivity index (χ1v) is 7.85. The van der Waals surface area contributed by atoms with Crippen LogP contribution in [0, 0.1) is 0 Å². The van der Waals surface area contributed by atoms with Gasteiger partial charge in [0.15, 0.2) is 5.82 Å². The molecule has 1 aromatic carbocycles. The van der Waals surface area contributed by atoms with E-state index in [1.54, 1.807) is 18.2 Å². The highest BCUT2D eigenvalue weighted by molar-refractivity contribution is 6.35. The van der Waals surface area contributed by atoms with Gasteiger partial charge in [-0.15, -0.1) is 0 Å². The standard InChI is InChI=1S/C16H19Cl2N3/c1-4-7-19-15-9-14(10(2)3)20-16(21-15)12-8-11(17)5-6-13(12)18/h5-6,8-10H,4,7H2,1-3H3,(H,19,20,21). The number of halogens is 2. The van der Waals surface area contributed by atoms with Crippen molar-refractivity contribution >= 4 is 29.0 Å². The average molecular weight is 324 g/mol. The van der Waals surface area contributed by atoms with Crippen molar-refractivity contribution in [3.8, 4) is 11.4 Å². The maximum Gasteiger partial charge on any atom is 0.163 e. The fraction of sp³-hybridized carbons (Fsp3) is 0.375. The molecule has 112 valence electrons. The van der Waals surface area contributed by atoms with Gasteiger partial charge in [0.05, 0.1) is 5.02 Å². The number of rotatable bonds is 5. The van der Waals surface area contributed by atoms with Crippen molar-refractivity contribution < 1.29 is 0 Å². The van der Waals surface area contributed by atoms with Gasteiger partial charge < -0.3 is 5.32 Å². The molecule has 0 fully saturated rings. The molecule has 0 aliphatic carbocycles. The summed E-state index contributed by atoms with van der Waals surface area (Å²) in [5.74, 6) is 1.74. The van der Waals surface area contributed by atoms with E-state index in [1.807, 2.05) is 6.07 Å². The lowest BCUT2D eigenvalue weighted by molar-refractivity contribution is 0.816. The van der Waals surface area contributed by atoms with Crippen molar-refractivity contribution in [3.63, 3.8) is 0 Å². The lowest BCUT2D eigenvalue weighted by Gasteiger charge is -2.12. The van der Waals surface area contributed by atoms with Gasteiger partial charge in [0, 0.05) is 28.9 Å². The van der Waals surface area contributed by atoms with Gasteiger partial charge in [0.2, 0.25) is 0 Å². The number of aromatic nitrogens is 2. The first-order chi connectivity index (χ1) is 10.0. The topological polar surface area (TPSA) is 37.8 Å². The molecule has 0 spiro atoms. The Balaban J connectivity index is 2.51. The van der Waals surface area contributed by atoms with Crippen molar-refractivity contribution in [1.82, 2.24) is 9.97 Å². The van der Waals surface area contributed by atoms with Crippen LogP contribution in [-0.4, -0.2) is 16.5 Å². The third-order valence-corrected chi connectivity index (χ3v) is 3.63. The second-order valence-corrected chi connectivity index (χ2v) is 6.05. The number of benzene rings is 1. The molecule has 0 saturated carbocycles. The number of hydrogen-bond donors (Lipinski definition) is 1. The molecule has 1 N–H and O–H groups in total. The summed E-state index contributed by atoms with van der Waals surface area (Å²) < 4.78 is 0. The summed E-state index contributed by atoms with van der Waals surface area (Å²) >= 11 is 12.3. The fourth-order valence-electron chi connectivity index (χ4n) is 1.89. The molecular weight excluding hydrogens is 305 g/mol. The summed E-state index contributed by atoms with van der Waals surface area (Å²) in [6.07, 6.45) is 1.04. The quantitative estimate of drug-likeness (QED) is 0.800.